The fourth-order valence-corrected chi connectivity index (χ4v) is 1.60. The summed E-state index contributed by atoms with van der Waals surface area (Å²) in [5.41, 5.74) is -1.07. The molecule has 0 saturated carbocycles. The van der Waals surface area contributed by atoms with Crippen molar-refractivity contribution in [3.05, 3.63) is 35.6 Å². The molecule has 0 bridgehead atoms. The first-order valence-corrected chi connectivity index (χ1v) is 5.20. The van der Waals surface area contributed by atoms with E-state index in [0.717, 1.165) is 5.56 Å². The minimum Gasteiger partial charge on any atom is -0.479 e. The second-order valence-electron chi connectivity index (χ2n) is 4.38. The van der Waals surface area contributed by atoms with Crippen molar-refractivity contribution in [3.8, 4) is 0 Å². The Bertz CT molecular complexity index is 406. The van der Waals surface area contributed by atoms with E-state index in [9.17, 15) is 14.3 Å². The van der Waals surface area contributed by atoms with Gasteiger partial charge in [0.2, 0.25) is 0 Å². The molecule has 0 aliphatic carbocycles. The molecule has 0 radical (unpaired) electrons. The molecule has 1 aromatic rings. The van der Waals surface area contributed by atoms with E-state index in [1.807, 2.05) is 0 Å². The zero-order valence-electron chi connectivity index (χ0n) is 9.85. The van der Waals surface area contributed by atoms with Gasteiger partial charge in [0, 0.05) is 13.1 Å². The number of carbonyl (C=O) groups is 1. The van der Waals surface area contributed by atoms with Crippen LogP contribution in [-0.2, 0) is 11.3 Å². The van der Waals surface area contributed by atoms with Gasteiger partial charge in [-0.15, -0.1) is 0 Å². The van der Waals surface area contributed by atoms with Gasteiger partial charge in [0.05, 0.1) is 0 Å². The van der Waals surface area contributed by atoms with Crippen molar-refractivity contribution < 1.29 is 19.4 Å². The number of rotatable bonds is 5. The lowest BCUT2D eigenvalue weighted by Gasteiger charge is -2.25. The number of halogens is 1. The number of carboxylic acids is 1. The summed E-state index contributed by atoms with van der Waals surface area (Å²) in [4.78, 5) is 12.4. The first-order valence-electron chi connectivity index (χ1n) is 5.20. The monoisotopic (exact) mass is 241 g/mol. The maximum Gasteiger partial charge on any atom is 0.336 e. The largest absolute Gasteiger partial charge is 0.479 e. The third kappa shape index (κ3) is 4.13. The third-order valence-electron chi connectivity index (χ3n) is 2.38. The van der Waals surface area contributed by atoms with Gasteiger partial charge in [0.25, 0.3) is 0 Å². The predicted molar refractivity (Wildman–Crippen MR) is 61.0 cm³/mol. The molecule has 0 aromatic heterocycles. The van der Waals surface area contributed by atoms with Crippen LogP contribution < -0.4 is 0 Å². The lowest BCUT2D eigenvalue weighted by atomic mass is 10.1. The molecular weight excluding hydrogens is 225 g/mol. The SMILES string of the molecule is CN(Cc1cccc(F)c1)CC(C)(O)C(=O)O. The minimum absolute atomic E-state index is 0.0289. The molecule has 0 saturated heterocycles. The molecule has 1 atom stereocenters. The molecule has 17 heavy (non-hydrogen) atoms. The van der Waals surface area contributed by atoms with Crippen molar-refractivity contribution in [2.75, 3.05) is 13.6 Å². The van der Waals surface area contributed by atoms with Gasteiger partial charge in [-0.3, -0.25) is 4.90 Å². The van der Waals surface area contributed by atoms with Gasteiger partial charge in [0.1, 0.15) is 5.82 Å². The van der Waals surface area contributed by atoms with Gasteiger partial charge in [-0.1, -0.05) is 12.1 Å². The molecule has 94 valence electrons. The average Bonchev–Trinajstić information content (AvgIpc) is 2.15. The number of hydrogen-bond acceptors (Lipinski definition) is 3. The fraction of sp³-hybridized carbons (Fsp3) is 0.417. The van der Waals surface area contributed by atoms with E-state index >= 15 is 0 Å². The van der Waals surface area contributed by atoms with Crippen LogP contribution in [0.4, 0.5) is 4.39 Å². The Kier molecular flexibility index (Phi) is 4.20. The van der Waals surface area contributed by atoms with Crippen molar-refractivity contribution in [2.24, 2.45) is 0 Å². The summed E-state index contributed by atoms with van der Waals surface area (Å²) in [7, 11) is 1.67. The summed E-state index contributed by atoms with van der Waals surface area (Å²) in [6.45, 7) is 1.58. The molecule has 0 aliphatic heterocycles. The molecule has 0 spiro atoms. The molecule has 0 fully saturated rings. The molecule has 1 aromatic carbocycles. The zero-order valence-corrected chi connectivity index (χ0v) is 9.85. The van der Waals surface area contributed by atoms with Crippen LogP contribution in [0.3, 0.4) is 0 Å². The highest BCUT2D eigenvalue weighted by Crippen LogP contribution is 2.10. The van der Waals surface area contributed by atoms with E-state index in [4.69, 9.17) is 5.11 Å². The molecule has 0 aliphatic rings. The molecule has 1 unspecified atom stereocenters. The second kappa shape index (κ2) is 5.25. The van der Waals surface area contributed by atoms with Gasteiger partial charge in [-0.05, 0) is 31.7 Å². The lowest BCUT2D eigenvalue weighted by Crippen LogP contribution is -2.45. The van der Waals surface area contributed by atoms with Crippen molar-refractivity contribution in [2.45, 2.75) is 19.1 Å². The molecule has 0 amide bonds. The number of carboxylic acid groups (broad SMARTS) is 1. The van der Waals surface area contributed by atoms with E-state index in [1.54, 1.807) is 24.1 Å². The van der Waals surface area contributed by atoms with Crippen molar-refractivity contribution in [1.82, 2.24) is 4.90 Å². The summed E-state index contributed by atoms with van der Waals surface area (Å²) >= 11 is 0. The van der Waals surface area contributed by atoms with Crippen LogP contribution >= 0.6 is 0 Å². The summed E-state index contributed by atoms with van der Waals surface area (Å²) in [6.07, 6.45) is 0. The van der Waals surface area contributed by atoms with Gasteiger partial charge in [-0.2, -0.15) is 0 Å². The highest BCUT2D eigenvalue weighted by atomic mass is 19.1. The molecule has 4 nitrogen and oxygen atoms in total. The third-order valence-corrected chi connectivity index (χ3v) is 2.38. The van der Waals surface area contributed by atoms with Crippen LogP contribution in [0.15, 0.2) is 24.3 Å². The highest BCUT2D eigenvalue weighted by molar-refractivity contribution is 5.76. The summed E-state index contributed by atoms with van der Waals surface area (Å²) in [5.74, 6) is -1.61. The van der Waals surface area contributed by atoms with Crippen LogP contribution in [0.2, 0.25) is 0 Å². The lowest BCUT2D eigenvalue weighted by molar-refractivity contribution is -0.158. The number of benzene rings is 1. The van der Waals surface area contributed by atoms with Crippen molar-refractivity contribution in [1.29, 1.82) is 0 Å². The highest BCUT2D eigenvalue weighted by Gasteiger charge is 2.31. The van der Waals surface area contributed by atoms with Crippen LogP contribution in [-0.4, -0.2) is 40.3 Å². The van der Waals surface area contributed by atoms with Gasteiger partial charge < -0.3 is 10.2 Å². The molecule has 5 heteroatoms. The number of likely N-dealkylation sites (N-methyl/N-ethyl adjacent to an activating group) is 1. The molecule has 1 rings (SSSR count). The van der Waals surface area contributed by atoms with Crippen LogP contribution in [0.1, 0.15) is 12.5 Å². The first kappa shape index (κ1) is 13.6. The van der Waals surface area contributed by atoms with Crippen LogP contribution in [0.5, 0.6) is 0 Å². The normalized spacial score (nSPS) is 14.6. The van der Waals surface area contributed by atoms with Crippen molar-refractivity contribution >= 4 is 5.97 Å². The predicted octanol–water partition coefficient (Wildman–Crippen LogP) is 1.09. The Hall–Kier alpha value is -1.46. The first-order chi connectivity index (χ1) is 7.81. The zero-order chi connectivity index (χ0) is 13.1. The summed E-state index contributed by atoms with van der Waals surface area (Å²) < 4.78 is 12.9. The number of hydrogen-bond donors (Lipinski definition) is 2. The second-order valence-corrected chi connectivity index (χ2v) is 4.38. The quantitative estimate of drug-likeness (QED) is 0.810. The number of aliphatic carboxylic acids is 1. The number of nitrogens with zero attached hydrogens (tertiary/aromatic N) is 1. The Morgan fingerprint density at radius 2 is 2.18 bits per heavy atom. The van der Waals surface area contributed by atoms with Gasteiger partial charge >= 0.3 is 5.97 Å². The Morgan fingerprint density at radius 1 is 1.53 bits per heavy atom. The maximum atomic E-state index is 12.9. The van der Waals surface area contributed by atoms with E-state index < -0.39 is 11.6 Å². The van der Waals surface area contributed by atoms with E-state index in [2.05, 4.69) is 0 Å². The van der Waals surface area contributed by atoms with Crippen LogP contribution in [0.25, 0.3) is 0 Å². The van der Waals surface area contributed by atoms with E-state index in [1.165, 1.54) is 19.1 Å². The average molecular weight is 241 g/mol. The topological polar surface area (TPSA) is 60.8 Å². The smallest absolute Gasteiger partial charge is 0.336 e. The molecular formula is C12H16FNO3. The summed E-state index contributed by atoms with van der Waals surface area (Å²) in [6, 6.07) is 6.06. The van der Waals surface area contributed by atoms with E-state index in [0.29, 0.717) is 6.54 Å². The fourth-order valence-electron chi connectivity index (χ4n) is 1.60. The summed E-state index contributed by atoms with van der Waals surface area (Å²) in [5, 5.41) is 18.3. The van der Waals surface area contributed by atoms with Gasteiger partial charge in [0.15, 0.2) is 5.60 Å². The van der Waals surface area contributed by atoms with E-state index in [-0.39, 0.29) is 12.4 Å². The Labute approximate surface area is 99.3 Å². The van der Waals surface area contributed by atoms with Gasteiger partial charge in [-0.25, -0.2) is 9.18 Å². The Morgan fingerprint density at radius 3 is 2.71 bits per heavy atom. The maximum absolute atomic E-state index is 12.9. The molecule has 2 N–H and O–H groups in total. The number of aliphatic hydroxyl groups is 1. The minimum atomic E-state index is -1.80. The molecule has 0 heterocycles. The Balaban J connectivity index is 2.61. The standard InChI is InChI=1S/C12H16FNO3/c1-12(17,11(15)16)8-14(2)7-9-4-3-5-10(13)6-9/h3-6,17H,7-8H2,1-2H3,(H,15,16). The van der Waals surface area contributed by atoms with Crippen LogP contribution in [0, 0.1) is 5.82 Å². The van der Waals surface area contributed by atoms with Crippen molar-refractivity contribution in [3.63, 3.8) is 0 Å².